The van der Waals surface area contributed by atoms with E-state index in [4.69, 9.17) is 12.2 Å². The Bertz CT molecular complexity index is 838. The maximum Gasteiger partial charge on any atom is 0.240 e. The summed E-state index contributed by atoms with van der Waals surface area (Å²) in [5.41, 5.74) is 0.815. The van der Waals surface area contributed by atoms with E-state index in [1.807, 2.05) is 42.6 Å². The lowest BCUT2D eigenvalue weighted by molar-refractivity contribution is -0.122. The van der Waals surface area contributed by atoms with Crippen molar-refractivity contribution in [3.05, 3.63) is 52.4 Å². The largest absolute Gasteiger partial charge is 0.346 e. The Hall–Kier alpha value is -2.32. The van der Waals surface area contributed by atoms with E-state index in [-0.39, 0.29) is 18.5 Å². The summed E-state index contributed by atoms with van der Waals surface area (Å²) in [5, 5.41) is 11.8. The summed E-state index contributed by atoms with van der Waals surface area (Å²) in [7, 11) is 0. The van der Waals surface area contributed by atoms with Crippen molar-refractivity contribution in [3.8, 4) is 10.7 Å². The van der Waals surface area contributed by atoms with E-state index in [0.717, 1.165) is 10.6 Å². The van der Waals surface area contributed by atoms with E-state index in [1.54, 1.807) is 22.1 Å². The predicted octanol–water partition coefficient (Wildman–Crippen LogP) is 2.94. The number of carbonyl (C=O) groups excluding carboxylic acids is 1. The molecule has 23 heavy (non-hydrogen) atoms. The van der Waals surface area contributed by atoms with Gasteiger partial charge < -0.3 is 5.32 Å². The monoisotopic (exact) mass is 345 g/mol. The van der Waals surface area contributed by atoms with Gasteiger partial charge in [0.2, 0.25) is 5.91 Å². The highest BCUT2D eigenvalue weighted by Gasteiger charge is 2.15. The molecule has 0 aliphatic carbocycles. The van der Waals surface area contributed by atoms with E-state index in [2.05, 4.69) is 20.5 Å². The van der Waals surface area contributed by atoms with Crippen molar-refractivity contribution in [1.82, 2.24) is 25.1 Å². The third kappa shape index (κ3) is 3.54. The van der Waals surface area contributed by atoms with Crippen molar-refractivity contribution in [1.29, 1.82) is 0 Å². The van der Waals surface area contributed by atoms with E-state index in [9.17, 15) is 4.79 Å². The Morgan fingerprint density at radius 2 is 2.30 bits per heavy atom. The second-order valence-electron chi connectivity index (χ2n) is 4.96. The fourth-order valence-corrected chi connectivity index (χ4v) is 3.11. The van der Waals surface area contributed by atoms with E-state index < -0.39 is 0 Å². The zero-order valence-electron chi connectivity index (χ0n) is 12.4. The fourth-order valence-electron chi connectivity index (χ4n) is 2.20. The van der Waals surface area contributed by atoms with Crippen LogP contribution in [0.1, 0.15) is 18.7 Å². The molecule has 2 N–H and O–H groups in total. The minimum atomic E-state index is -0.171. The molecule has 0 fully saturated rings. The van der Waals surface area contributed by atoms with Crippen LogP contribution in [-0.2, 0) is 11.3 Å². The van der Waals surface area contributed by atoms with E-state index in [0.29, 0.717) is 10.6 Å². The molecule has 8 heteroatoms. The number of H-pyrrole nitrogens is 1. The van der Waals surface area contributed by atoms with Crippen molar-refractivity contribution in [3.63, 3.8) is 0 Å². The van der Waals surface area contributed by atoms with Gasteiger partial charge in [0, 0.05) is 6.20 Å². The number of hydrogen-bond donors (Lipinski definition) is 2. The molecule has 0 aromatic carbocycles. The Kier molecular flexibility index (Phi) is 4.63. The number of nitrogens with zero attached hydrogens (tertiary/aromatic N) is 3. The first-order valence-corrected chi connectivity index (χ1v) is 8.33. The molecule has 0 aliphatic heterocycles. The number of amides is 1. The highest BCUT2D eigenvalue weighted by atomic mass is 32.1. The molecular weight excluding hydrogens is 330 g/mol. The summed E-state index contributed by atoms with van der Waals surface area (Å²) < 4.78 is 2.12. The van der Waals surface area contributed by atoms with E-state index in [1.165, 1.54) is 0 Å². The van der Waals surface area contributed by atoms with Crippen LogP contribution in [0.5, 0.6) is 0 Å². The van der Waals surface area contributed by atoms with Gasteiger partial charge in [0.15, 0.2) is 10.6 Å². The first kappa shape index (κ1) is 15.6. The summed E-state index contributed by atoms with van der Waals surface area (Å²) in [4.78, 5) is 17.5. The minimum Gasteiger partial charge on any atom is -0.346 e. The van der Waals surface area contributed by atoms with Gasteiger partial charge in [-0.3, -0.25) is 19.4 Å². The van der Waals surface area contributed by atoms with Gasteiger partial charge in [-0.1, -0.05) is 12.1 Å². The summed E-state index contributed by atoms with van der Waals surface area (Å²) in [6.45, 7) is 2.01. The van der Waals surface area contributed by atoms with Crippen LogP contribution in [0.4, 0.5) is 0 Å². The maximum atomic E-state index is 12.3. The molecule has 1 amide bonds. The zero-order valence-corrected chi connectivity index (χ0v) is 14.0. The number of aromatic nitrogens is 4. The van der Waals surface area contributed by atoms with Gasteiger partial charge in [-0.2, -0.15) is 5.10 Å². The van der Waals surface area contributed by atoms with Crippen LogP contribution in [0.3, 0.4) is 0 Å². The molecule has 0 radical (unpaired) electrons. The Morgan fingerprint density at radius 1 is 1.43 bits per heavy atom. The molecule has 118 valence electrons. The van der Waals surface area contributed by atoms with Crippen LogP contribution >= 0.6 is 23.6 Å². The van der Waals surface area contributed by atoms with Crippen molar-refractivity contribution < 1.29 is 4.79 Å². The molecule has 0 spiro atoms. The smallest absolute Gasteiger partial charge is 0.240 e. The molecule has 6 nitrogen and oxygen atoms in total. The number of carbonyl (C=O) groups is 1. The molecule has 3 aromatic rings. The second-order valence-corrected chi connectivity index (χ2v) is 6.29. The Morgan fingerprint density at radius 3 is 3.00 bits per heavy atom. The van der Waals surface area contributed by atoms with Crippen LogP contribution in [0, 0.1) is 4.77 Å². The molecule has 0 bridgehead atoms. The predicted molar refractivity (Wildman–Crippen MR) is 91.5 cm³/mol. The average molecular weight is 345 g/mol. The van der Waals surface area contributed by atoms with Gasteiger partial charge in [-0.05, 0) is 42.7 Å². The van der Waals surface area contributed by atoms with Gasteiger partial charge in [-0.25, -0.2) is 0 Å². The van der Waals surface area contributed by atoms with Gasteiger partial charge in [0.25, 0.3) is 0 Å². The van der Waals surface area contributed by atoms with Gasteiger partial charge >= 0.3 is 0 Å². The number of nitrogens with one attached hydrogen (secondary N) is 2. The molecule has 3 aromatic heterocycles. The van der Waals surface area contributed by atoms with Crippen molar-refractivity contribution in [2.45, 2.75) is 19.5 Å². The SMILES string of the molecule is CC(NC(=O)Cn1c(-c2cccs2)n[nH]c1=S)c1ccccn1. The average Bonchev–Trinajstić information content (AvgIpc) is 3.19. The maximum absolute atomic E-state index is 12.3. The summed E-state index contributed by atoms with van der Waals surface area (Å²) in [6, 6.07) is 9.33. The lowest BCUT2D eigenvalue weighted by atomic mass is 10.2. The minimum absolute atomic E-state index is 0.111. The number of thiophene rings is 1. The molecule has 0 saturated heterocycles. The van der Waals surface area contributed by atoms with Crippen LogP contribution in [-0.4, -0.2) is 25.7 Å². The molecule has 3 heterocycles. The molecule has 0 aliphatic rings. The third-order valence-corrected chi connectivity index (χ3v) is 4.49. The van der Waals surface area contributed by atoms with Crippen LogP contribution in [0.2, 0.25) is 0 Å². The quantitative estimate of drug-likeness (QED) is 0.697. The topological polar surface area (TPSA) is 75.6 Å². The number of pyridine rings is 1. The summed E-state index contributed by atoms with van der Waals surface area (Å²) in [5.74, 6) is 0.532. The first-order valence-electron chi connectivity index (χ1n) is 7.04. The molecule has 3 rings (SSSR count). The highest BCUT2D eigenvalue weighted by Crippen LogP contribution is 2.22. The number of aromatic amines is 1. The summed E-state index contributed by atoms with van der Waals surface area (Å²) >= 11 is 6.78. The van der Waals surface area contributed by atoms with Crippen molar-refractivity contribution >= 4 is 29.5 Å². The van der Waals surface area contributed by atoms with Gasteiger partial charge in [0.1, 0.15) is 6.54 Å². The van der Waals surface area contributed by atoms with Gasteiger partial charge in [0.05, 0.1) is 16.6 Å². The number of hydrogen-bond acceptors (Lipinski definition) is 5. The Balaban J connectivity index is 1.74. The van der Waals surface area contributed by atoms with Crippen LogP contribution < -0.4 is 5.32 Å². The highest BCUT2D eigenvalue weighted by molar-refractivity contribution is 7.71. The lowest BCUT2D eigenvalue weighted by Gasteiger charge is -2.14. The Labute approximate surface area is 142 Å². The zero-order chi connectivity index (χ0) is 16.2. The van der Waals surface area contributed by atoms with Crippen molar-refractivity contribution in [2.75, 3.05) is 0 Å². The number of rotatable bonds is 5. The first-order chi connectivity index (χ1) is 11.1. The van der Waals surface area contributed by atoms with Crippen LogP contribution in [0.25, 0.3) is 10.7 Å². The van der Waals surface area contributed by atoms with Crippen molar-refractivity contribution in [2.24, 2.45) is 0 Å². The molecule has 1 atom stereocenters. The molecule has 1 unspecified atom stereocenters. The van der Waals surface area contributed by atoms with E-state index >= 15 is 0 Å². The molecular formula is C15H15N5OS2. The third-order valence-electron chi connectivity index (χ3n) is 3.31. The fraction of sp³-hybridized carbons (Fsp3) is 0.200. The lowest BCUT2D eigenvalue weighted by Crippen LogP contribution is -2.30. The molecule has 0 saturated carbocycles. The summed E-state index contributed by atoms with van der Waals surface area (Å²) in [6.07, 6.45) is 1.71. The standard InChI is InChI=1S/C15H15N5OS2/c1-10(11-5-2-3-7-16-11)17-13(21)9-20-14(18-19-15(20)22)12-6-4-8-23-12/h2-8,10H,9H2,1H3,(H,17,21)(H,19,22). The normalized spacial score (nSPS) is 12.0. The second kappa shape index (κ2) is 6.84. The van der Waals surface area contributed by atoms with Crippen LogP contribution in [0.15, 0.2) is 41.9 Å². The van der Waals surface area contributed by atoms with Gasteiger partial charge in [-0.15, -0.1) is 11.3 Å².